The average molecular weight is 215 g/mol. The quantitative estimate of drug-likeness (QED) is 0.832. The van der Waals surface area contributed by atoms with Crippen molar-refractivity contribution in [2.75, 3.05) is 5.32 Å². The molecule has 16 heavy (non-hydrogen) atoms. The van der Waals surface area contributed by atoms with E-state index in [9.17, 15) is 4.79 Å². The van der Waals surface area contributed by atoms with Gasteiger partial charge in [0, 0.05) is 25.1 Å². The Bertz CT molecular complexity index is 516. The van der Waals surface area contributed by atoms with Gasteiger partial charge in [0.2, 0.25) is 0 Å². The van der Waals surface area contributed by atoms with E-state index < -0.39 is 0 Å². The topological polar surface area (TPSA) is 46.9 Å². The van der Waals surface area contributed by atoms with E-state index in [1.54, 1.807) is 24.0 Å². The molecule has 0 saturated heterocycles. The molecule has 0 aliphatic carbocycles. The van der Waals surface area contributed by atoms with Crippen molar-refractivity contribution in [1.82, 2.24) is 9.55 Å². The van der Waals surface area contributed by atoms with Gasteiger partial charge in [0.05, 0.1) is 0 Å². The smallest absolute Gasteiger partial charge is 0.291 e. The molecule has 0 atom stereocenters. The van der Waals surface area contributed by atoms with Crippen LogP contribution in [0.3, 0.4) is 0 Å². The molecule has 1 aromatic carbocycles. The van der Waals surface area contributed by atoms with Crippen molar-refractivity contribution in [2.24, 2.45) is 7.05 Å². The normalized spacial score (nSPS) is 10.1. The fraction of sp³-hybridized carbons (Fsp3) is 0.167. The zero-order chi connectivity index (χ0) is 11.5. The van der Waals surface area contributed by atoms with E-state index in [0.29, 0.717) is 5.82 Å². The number of benzene rings is 1. The summed E-state index contributed by atoms with van der Waals surface area (Å²) in [5.41, 5.74) is 1.85. The number of hydrogen-bond donors (Lipinski definition) is 1. The van der Waals surface area contributed by atoms with E-state index in [0.717, 1.165) is 11.3 Å². The fourth-order valence-electron chi connectivity index (χ4n) is 1.48. The van der Waals surface area contributed by atoms with Gasteiger partial charge in [0.25, 0.3) is 5.91 Å². The zero-order valence-electron chi connectivity index (χ0n) is 9.27. The Morgan fingerprint density at radius 1 is 1.38 bits per heavy atom. The summed E-state index contributed by atoms with van der Waals surface area (Å²) in [7, 11) is 1.79. The van der Waals surface area contributed by atoms with Crippen molar-refractivity contribution >= 4 is 11.6 Å². The van der Waals surface area contributed by atoms with Crippen LogP contribution in [-0.4, -0.2) is 15.5 Å². The standard InChI is InChI=1S/C12H13N3O/c1-9-5-3-4-6-10(9)14-12(16)11-13-7-8-15(11)2/h3-8H,1-2H3,(H,14,16). The van der Waals surface area contributed by atoms with Crippen LogP contribution in [0.2, 0.25) is 0 Å². The summed E-state index contributed by atoms with van der Waals surface area (Å²) >= 11 is 0. The molecular formula is C12H13N3O. The molecule has 82 valence electrons. The molecule has 0 unspecified atom stereocenters. The number of nitrogens with zero attached hydrogens (tertiary/aromatic N) is 2. The number of hydrogen-bond acceptors (Lipinski definition) is 2. The van der Waals surface area contributed by atoms with Gasteiger partial charge in [-0.1, -0.05) is 18.2 Å². The first-order valence-electron chi connectivity index (χ1n) is 5.03. The molecule has 0 saturated carbocycles. The molecule has 2 rings (SSSR count). The molecule has 1 N–H and O–H groups in total. The first kappa shape index (κ1) is 10.4. The van der Waals surface area contributed by atoms with Crippen LogP contribution in [0, 0.1) is 6.92 Å². The molecule has 2 aromatic rings. The van der Waals surface area contributed by atoms with Gasteiger partial charge in [-0.05, 0) is 18.6 Å². The Morgan fingerprint density at radius 3 is 2.75 bits per heavy atom. The Labute approximate surface area is 93.9 Å². The SMILES string of the molecule is Cc1ccccc1NC(=O)c1nccn1C. The second kappa shape index (κ2) is 4.18. The third-order valence-corrected chi connectivity index (χ3v) is 2.42. The highest BCUT2D eigenvalue weighted by molar-refractivity contribution is 6.02. The maximum absolute atomic E-state index is 11.9. The van der Waals surface area contributed by atoms with Gasteiger partial charge >= 0.3 is 0 Å². The summed E-state index contributed by atoms with van der Waals surface area (Å²) in [6, 6.07) is 7.65. The van der Waals surface area contributed by atoms with Crippen molar-refractivity contribution < 1.29 is 4.79 Å². The predicted octanol–water partition coefficient (Wildman–Crippen LogP) is 1.98. The largest absolute Gasteiger partial charge is 0.330 e. The number of amides is 1. The van der Waals surface area contributed by atoms with Crippen LogP contribution < -0.4 is 5.32 Å². The van der Waals surface area contributed by atoms with Crippen LogP contribution in [-0.2, 0) is 7.05 Å². The van der Waals surface area contributed by atoms with E-state index >= 15 is 0 Å². The molecular weight excluding hydrogens is 202 g/mol. The number of anilines is 1. The lowest BCUT2D eigenvalue weighted by atomic mass is 10.2. The molecule has 1 heterocycles. The number of carbonyl (C=O) groups excluding carboxylic acids is 1. The molecule has 4 nitrogen and oxygen atoms in total. The van der Waals surface area contributed by atoms with Crippen LogP contribution in [0.4, 0.5) is 5.69 Å². The molecule has 4 heteroatoms. The maximum atomic E-state index is 11.9. The van der Waals surface area contributed by atoms with Gasteiger partial charge in [-0.25, -0.2) is 4.98 Å². The number of nitrogens with one attached hydrogen (secondary N) is 1. The minimum Gasteiger partial charge on any atom is -0.330 e. The summed E-state index contributed by atoms with van der Waals surface area (Å²) in [5, 5.41) is 2.83. The number of imidazole rings is 1. The van der Waals surface area contributed by atoms with Crippen LogP contribution in [0.1, 0.15) is 16.2 Å². The second-order valence-corrected chi connectivity index (χ2v) is 3.63. The monoisotopic (exact) mass is 215 g/mol. The Morgan fingerprint density at radius 2 is 2.12 bits per heavy atom. The van der Waals surface area contributed by atoms with Gasteiger partial charge in [-0.15, -0.1) is 0 Å². The van der Waals surface area contributed by atoms with E-state index in [1.807, 2.05) is 31.2 Å². The van der Waals surface area contributed by atoms with Crippen molar-refractivity contribution in [3.05, 3.63) is 48.0 Å². The highest BCUT2D eigenvalue weighted by Crippen LogP contribution is 2.13. The molecule has 0 fully saturated rings. The van der Waals surface area contributed by atoms with Crippen molar-refractivity contribution in [1.29, 1.82) is 0 Å². The van der Waals surface area contributed by atoms with Crippen LogP contribution in [0.15, 0.2) is 36.7 Å². The number of para-hydroxylation sites is 1. The number of rotatable bonds is 2. The number of aromatic nitrogens is 2. The second-order valence-electron chi connectivity index (χ2n) is 3.63. The molecule has 0 spiro atoms. The fourth-order valence-corrected chi connectivity index (χ4v) is 1.48. The average Bonchev–Trinajstić information content (AvgIpc) is 2.68. The van der Waals surface area contributed by atoms with Gasteiger partial charge in [0.1, 0.15) is 0 Å². The van der Waals surface area contributed by atoms with Gasteiger partial charge < -0.3 is 9.88 Å². The molecule has 0 aliphatic heterocycles. The first-order chi connectivity index (χ1) is 7.68. The van der Waals surface area contributed by atoms with Crippen LogP contribution >= 0.6 is 0 Å². The predicted molar refractivity (Wildman–Crippen MR) is 62.3 cm³/mol. The highest BCUT2D eigenvalue weighted by atomic mass is 16.2. The summed E-state index contributed by atoms with van der Waals surface area (Å²) in [5.74, 6) is 0.213. The minimum atomic E-state index is -0.193. The summed E-state index contributed by atoms with van der Waals surface area (Å²) < 4.78 is 1.69. The lowest BCUT2D eigenvalue weighted by Gasteiger charge is -2.07. The highest BCUT2D eigenvalue weighted by Gasteiger charge is 2.11. The maximum Gasteiger partial charge on any atom is 0.291 e. The lowest BCUT2D eigenvalue weighted by Crippen LogP contribution is -2.17. The van der Waals surface area contributed by atoms with Crippen LogP contribution in [0.25, 0.3) is 0 Å². The summed E-state index contributed by atoms with van der Waals surface area (Å²) in [6.45, 7) is 1.95. The zero-order valence-corrected chi connectivity index (χ0v) is 9.27. The van der Waals surface area contributed by atoms with Gasteiger partial charge in [-0.3, -0.25) is 4.79 Å². The lowest BCUT2D eigenvalue weighted by molar-refractivity contribution is 0.101. The number of aryl methyl sites for hydroxylation is 2. The van der Waals surface area contributed by atoms with Crippen molar-refractivity contribution in [3.63, 3.8) is 0 Å². The van der Waals surface area contributed by atoms with Crippen molar-refractivity contribution in [3.8, 4) is 0 Å². The van der Waals surface area contributed by atoms with Gasteiger partial charge in [-0.2, -0.15) is 0 Å². The molecule has 1 amide bonds. The van der Waals surface area contributed by atoms with Crippen LogP contribution in [0.5, 0.6) is 0 Å². The summed E-state index contributed by atoms with van der Waals surface area (Å²) in [4.78, 5) is 15.8. The van der Waals surface area contributed by atoms with E-state index in [4.69, 9.17) is 0 Å². The minimum absolute atomic E-state index is 0.193. The van der Waals surface area contributed by atoms with Crippen molar-refractivity contribution in [2.45, 2.75) is 6.92 Å². The number of carbonyl (C=O) groups is 1. The Kier molecular flexibility index (Phi) is 2.72. The van der Waals surface area contributed by atoms with E-state index in [2.05, 4.69) is 10.3 Å². The molecule has 1 aromatic heterocycles. The Balaban J connectivity index is 2.21. The Hall–Kier alpha value is -2.10. The van der Waals surface area contributed by atoms with E-state index in [-0.39, 0.29) is 5.91 Å². The first-order valence-corrected chi connectivity index (χ1v) is 5.03. The molecule has 0 bridgehead atoms. The third kappa shape index (κ3) is 1.95. The van der Waals surface area contributed by atoms with E-state index in [1.165, 1.54) is 0 Å². The third-order valence-electron chi connectivity index (χ3n) is 2.42. The molecule has 0 aliphatic rings. The summed E-state index contributed by atoms with van der Waals surface area (Å²) in [6.07, 6.45) is 3.35. The molecule has 0 radical (unpaired) electrons. The van der Waals surface area contributed by atoms with Gasteiger partial charge in [0.15, 0.2) is 5.82 Å².